The monoisotopic (exact) mass is 281 g/mol. The molecule has 0 aromatic heterocycles. The van der Waals surface area contributed by atoms with Gasteiger partial charge in [0.25, 0.3) is 0 Å². The van der Waals surface area contributed by atoms with Gasteiger partial charge in [-0.1, -0.05) is 13.8 Å². The van der Waals surface area contributed by atoms with Gasteiger partial charge < -0.3 is 10.2 Å². The standard InChI is InChI=1S/C16H31N3O/c1-12(2)7-8-13(3)17-16(20)19-11-15-6-5-9-18(15)10-14(19)4/h12-15H,5-11H2,1-4H3,(H,17,20)/t13-,14-,15+/m0/s1. The zero-order chi connectivity index (χ0) is 14.7. The Hall–Kier alpha value is -0.770. The average molecular weight is 281 g/mol. The van der Waals surface area contributed by atoms with Crippen molar-refractivity contribution >= 4 is 6.03 Å². The van der Waals surface area contributed by atoms with Crippen molar-refractivity contribution in [3.05, 3.63) is 0 Å². The van der Waals surface area contributed by atoms with Crippen LogP contribution in [0, 0.1) is 5.92 Å². The van der Waals surface area contributed by atoms with Crippen molar-refractivity contribution in [1.82, 2.24) is 15.1 Å². The molecule has 4 heteroatoms. The normalized spacial score (nSPS) is 28.6. The molecule has 0 spiro atoms. The highest BCUT2D eigenvalue weighted by molar-refractivity contribution is 5.75. The summed E-state index contributed by atoms with van der Waals surface area (Å²) < 4.78 is 0. The number of carbonyl (C=O) groups is 1. The Morgan fingerprint density at radius 2 is 2.00 bits per heavy atom. The van der Waals surface area contributed by atoms with Crippen LogP contribution >= 0.6 is 0 Å². The molecule has 0 radical (unpaired) electrons. The van der Waals surface area contributed by atoms with Gasteiger partial charge in [-0.3, -0.25) is 4.90 Å². The third kappa shape index (κ3) is 3.87. The SMILES string of the molecule is CC(C)CC[C@H](C)NC(=O)N1C[C@H]2CCCN2C[C@@H]1C. The second kappa shape index (κ2) is 6.79. The maximum Gasteiger partial charge on any atom is 0.317 e. The average Bonchev–Trinajstić information content (AvgIpc) is 2.82. The van der Waals surface area contributed by atoms with Gasteiger partial charge in [0.1, 0.15) is 0 Å². The number of nitrogens with one attached hydrogen (secondary N) is 1. The minimum atomic E-state index is 0.139. The number of piperazine rings is 1. The van der Waals surface area contributed by atoms with Crippen LogP contribution in [0.25, 0.3) is 0 Å². The highest BCUT2D eigenvalue weighted by Crippen LogP contribution is 2.24. The largest absolute Gasteiger partial charge is 0.336 e. The lowest BCUT2D eigenvalue weighted by molar-refractivity contribution is 0.0791. The Labute approximate surface area is 123 Å². The van der Waals surface area contributed by atoms with Gasteiger partial charge in [-0.25, -0.2) is 4.79 Å². The van der Waals surface area contributed by atoms with Crippen molar-refractivity contribution < 1.29 is 4.79 Å². The number of rotatable bonds is 4. The minimum absolute atomic E-state index is 0.139. The van der Waals surface area contributed by atoms with Gasteiger partial charge in [0.2, 0.25) is 0 Å². The van der Waals surface area contributed by atoms with E-state index in [1.54, 1.807) is 0 Å². The molecule has 0 aliphatic carbocycles. The second-order valence-corrected chi connectivity index (χ2v) is 7.11. The number of amides is 2. The number of nitrogens with zero attached hydrogens (tertiary/aromatic N) is 2. The van der Waals surface area contributed by atoms with Crippen LogP contribution in [0.3, 0.4) is 0 Å². The zero-order valence-corrected chi connectivity index (χ0v) is 13.6. The van der Waals surface area contributed by atoms with Crippen molar-refractivity contribution in [1.29, 1.82) is 0 Å². The third-order valence-corrected chi connectivity index (χ3v) is 4.75. The molecule has 2 saturated heterocycles. The van der Waals surface area contributed by atoms with Crippen molar-refractivity contribution in [2.45, 2.75) is 71.5 Å². The van der Waals surface area contributed by atoms with E-state index in [0.29, 0.717) is 18.0 Å². The molecule has 2 rings (SSSR count). The first-order valence-electron chi connectivity index (χ1n) is 8.28. The molecule has 2 amide bonds. The first kappa shape index (κ1) is 15.6. The minimum Gasteiger partial charge on any atom is -0.336 e. The molecule has 2 aliphatic heterocycles. The fraction of sp³-hybridized carbons (Fsp3) is 0.938. The Bertz CT molecular complexity index is 332. The van der Waals surface area contributed by atoms with Gasteiger partial charge in [-0.05, 0) is 52.0 Å². The van der Waals surface area contributed by atoms with E-state index in [4.69, 9.17) is 0 Å². The fourth-order valence-electron chi connectivity index (χ4n) is 3.42. The lowest BCUT2D eigenvalue weighted by Crippen LogP contribution is -2.59. The number of hydrogen-bond acceptors (Lipinski definition) is 2. The molecule has 116 valence electrons. The summed E-state index contributed by atoms with van der Waals surface area (Å²) in [7, 11) is 0. The van der Waals surface area contributed by atoms with Gasteiger partial charge >= 0.3 is 6.03 Å². The van der Waals surface area contributed by atoms with Gasteiger partial charge in [0.05, 0.1) is 0 Å². The smallest absolute Gasteiger partial charge is 0.317 e. The fourth-order valence-corrected chi connectivity index (χ4v) is 3.42. The number of carbonyl (C=O) groups excluding carboxylic acids is 1. The lowest BCUT2D eigenvalue weighted by Gasteiger charge is -2.42. The van der Waals surface area contributed by atoms with E-state index in [1.807, 2.05) is 0 Å². The first-order chi connectivity index (χ1) is 9.47. The summed E-state index contributed by atoms with van der Waals surface area (Å²) in [6.45, 7) is 11.9. The van der Waals surface area contributed by atoms with Crippen LogP contribution in [0.5, 0.6) is 0 Å². The quantitative estimate of drug-likeness (QED) is 0.860. The van der Waals surface area contributed by atoms with E-state index in [-0.39, 0.29) is 12.1 Å². The van der Waals surface area contributed by atoms with E-state index in [2.05, 4.69) is 42.8 Å². The van der Waals surface area contributed by atoms with Crippen LogP contribution in [0.1, 0.15) is 53.4 Å². The summed E-state index contributed by atoms with van der Waals surface area (Å²) in [6.07, 6.45) is 4.78. The molecule has 3 atom stereocenters. The molecular formula is C16H31N3O. The van der Waals surface area contributed by atoms with Crippen LogP contribution in [0.4, 0.5) is 4.79 Å². The first-order valence-corrected chi connectivity index (χ1v) is 8.28. The predicted octanol–water partition coefficient (Wildman–Crippen LogP) is 2.69. The summed E-state index contributed by atoms with van der Waals surface area (Å²) in [6, 6.07) is 1.35. The summed E-state index contributed by atoms with van der Waals surface area (Å²) in [4.78, 5) is 17.1. The summed E-state index contributed by atoms with van der Waals surface area (Å²) in [5.74, 6) is 0.704. The van der Waals surface area contributed by atoms with Gasteiger partial charge in [-0.15, -0.1) is 0 Å². The van der Waals surface area contributed by atoms with Crippen LogP contribution in [-0.4, -0.2) is 53.6 Å². The maximum atomic E-state index is 12.4. The van der Waals surface area contributed by atoms with E-state index in [9.17, 15) is 4.79 Å². The molecule has 4 nitrogen and oxygen atoms in total. The lowest BCUT2D eigenvalue weighted by atomic mass is 10.0. The van der Waals surface area contributed by atoms with Gasteiger partial charge in [-0.2, -0.15) is 0 Å². The Morgan fingerprint density at radius 3 is 2.70 bits per heavy atom. The van der Waals surface area contributed by atoms with Crippen molar-refractivity contribution in [3.8, 4) is 0 Å². The van der Waals surface area contributed by atoms with E-state index in [0.717, 1.165) is 19.5 Å². The van der Waals surface area contributed by atoms with E-state index >= 15 is 0 Å². The maximum absolute atomic E-state index is 12.4. The molecule has 2 heterocycles. The second-order valence-electron chi connectivity index (χ2n) is 7.11. The summed E-state index contributed by atoms with van der Waals surface area (Å²) in [5, 5.41) is 3.18. The number of urea groups is 1. The predicted molar refractivity (Wildman–Crippen MR) is 82.8 cm³/mol. The van der Waals surface area contributed by atoms with Crippen LogP contribution in [0.2, 0.25) is 0 Å². The van der Waals surface area contributed by atoms with E-state index in [1.165, 1.54) is 25.8 Å². The van der Waals surface area contributed by atoms with Crippen LogP contribution in [0.15, 0.2) is 0 Å². The Kier molecular flexibility index (Phi) is 5.30. The topological polar surface area (TPSA) is 35.6 Å². The van der Waals surface area contributed by atoms with Crippen molar-refractivity contribution in [3.63, 3.8) is 0 Å². The molecule has 0 bridgehead atoms. The zero-order valence-electron chi connectivity index (χ0n) is 13.6. The highest BCUT2D eigenvalue weighted by Gasteiger charge is 2.36. The molecule has 1 N–H and O–H groups in total. The number of fused-ring (bicyclic) bond motifs is 1. The van der Waals surface area contributed by atoms with Crippen molar-refractivity contribution in [2.75, 3.05) is 19.6 Å². The van der Waals surface area contributed by atoms with Crippen molar-refractivity contribution in [2.24, 2.45) is 5.92 Å². The molecule has 0 aromatic carbocycles. The highest BCUT2D eigenvalue weighted by atomic mass is 16.2. The molecular weight excluding hydrogens is 250 g/mol. The molecule has 0 saturated carbocycles. The van der Waals surface area contributed by atoms with Crippen LogP contribution < -0.4 is 5.32 Å². The number of hydrogen-bond donors (Lipinski definition) is 1. The van der Waals surface area contributed by atoms with Crippen LogP contribution in [-0.2, 0) is 0 Å². The molecule has 2 aliphatic rings. The van der Waals surface area contributed by atoms with Gasteiger partial charge in [0.15, 0.2) is 0 Å². The molecule has 0 unspecified atom stereocenters. The van der Waals surface area contributed by atoms with E-state index < -0.39 is 0 Å². The summed E-state index contributed by atoms with van der Waals surface area (Å²) in [5.41, 5.74) is 0. The molecule has 0 aromatic rings. The Balaban J connectivity index is 1.82. The third-order valence-electron chi connectivity index (χ3n) is 4.75. The Morgan fingerprint density at radius 1 is 1.25 bits per heavy atom. The molecule has 20 heavy (non-hydrogen) atoms. The van der Waals surface area contributed by atoms with Gasteiger partial charge in [0, 0.05) is 31.2 Å². The summed E-state index contributed by atoms with van der Waals surface area (Å²) >= 11 is 0. The molecule has 2 fully saturated rings.